The summed E-state index contributed by atoms with van der Waals surface area (Å²) in [6, 6.07) is 3.08. The Labute approximate surface area is 179 Å². The summed E-state index contributed by atoms with van der Waals surface area (Å²) in [6.45, 7) is 2.32. The fourth-order valence-electron chi connectivity index (χ4n) is 3.55. The third-order valence-electron chi connectivity index (χ3n) is 5.30. The van der Waals surface area contributed by atoms with Crippen LogP contribution < -0.4 is 4.74 Å². The van der Waals surface area contributed by atoms with Crippen molar-refractivity contribution in [3.8, 4) is 5.75 Å². The summed E-state index contributed by atoms with van der Waals surface area (Å²) in [6.07, 6.45) is 12.0. The van der Waals surface area contributed by atoms with E-state index in [4.69, 9.17) is 9.84 Å². The highest BCUT2D eigenvalue weighted by molar-refractivity contribution is 5.91. The summed E-state index contributed by atoms with van der Waals surface area (Å²) in [4.78, 5) is 11.2. The molecular weight excluding hydrogens is 393 g/mol. The molecular formula is C24H37F3O3. The van der Waals surface area contributed by atoms with Gasteiger partial charge in [-0.15, -0.1) is 0 Å². The van der Waals surface area contributed by atoms with E-state index in [2.05, 4.69) is 6.92 Å². The van der Waals surface area contributed by atoms with Crippen LogP contribution in [0.3, 0.4) is 0 Å². The maximum absolute atomic E-state index is 13.1. The van der Waals surface area contributed by atoms with Crippen LogP contribution in [0.25, 0.3) is 0 Å². The number of halogens is 3. The Morgan fingerprint density at radius 1 is 0.833 bits per heavy atom. The zero-order chi connectivity index (χ0) is 22.2. The van der Waals surface area contributed by atoms with Crippen molar-refractivity contribution in [1.82, 2.24) is 0 Å². The molecule has 0 radical (unpaired) electrons. The minimum Gasteiger partial charge on any atom is -0.492 e. The summed E-state index contributed by atoms with van der Waals surface area (Å²) in [5.74, 6) is -2.00. The number of rotatable bonds is 17. The van der Waals surface area contributed by atoms with Crippen molar-refractivity contribution >= 4 is 5.97 Å². The zero-order valence-corrected chi connectivity index (χ0v) is 18.2. The molecule has 1 aromatic rings. The molecule has 1 rings (SSSR count). The van der Waals surface area contributed by atoms with Gasteiger partial charge >= 0.3 is 12.1 Å². The molecule has 30 heavy (non-hydrogen) atoms. The van der Waals surface area contributed by atoms with Crippen LogP contribution in [0.15, 0.2) is 18.2 Å². The van der Waals surface area contributed by atoms with Gasteiger partial charge in [-0.3, -0.25) is 0 Å². The average Bonchev–Trinajstić information content (AvgIpc) is 2.70. The molecule has 0 saturated carbocycles. The Balaban J connectivity index is 2.14. The zero-order valence-electron chi connectivity index (χ0n) is 18.2. The van der Waals surface area contributed by atoms with Gasteiger partial charge in [0.25, 0.3) is 0 Å². The van der Waals surface area contributed by atoms with Crippen LogP contribution >= 0.6 is 0 Å². The quantitative estimate of drug-likeness (QED) is 0.253. The summed E-state index contributed by atoms with van der Waals surface area (Å²) >= 11 is 0. The molecule has 0 aliphatic carbocycles. The van der Waals surface area contributed by atoms with E-state index < -0.39 is 29.0 Å². The Morgan fingerprint density at radius 2 is 1.30 bits per heavy atom. The van der Waals surface area contributed by atoms with E-state index in [1.165, 1.54) is 64.2 Å². The van der Waals surface area contributed by atoms with Crippen LogP contribution in [0.5, 0.6) is 5.75 Å². The van der Waals surface area contributed by atoms with E-state index in [1.54, 1.807) is 0 Å². The van der Waals surface area contributed by atoms with Crippen LogP contribution in [0.4, 0.5) is 13.2 Å². The highest BCUT2D eigenvalue weighted by Crippen LogP contribution is 2.38. The van der Waals surface area contributed by atoms with E-state index in [0.717, 1.165) is 37.5 Å². The Hall–Kier alpha value is -1.72. The number of para-hydroxylation sites is 1. The van der Waals surface area contributed by atoms with Gasteiger partial charge in [-0.2, -0.15) is 13.2 Å². The summed E-state index contributed by atoms with van der Waals surface area (Å²) in [5.41, 5.74) is -1.48. The monoisotopic (exact) mass is 430 g/mol. The van der Waals surface area contributed by atoms with E-state index in [-0.39, 0.29) is 6.61 Å². The topological polar surface area (TPSA) is 46.5 Å². The molecule has 0 unspecified atom stereocenters. The first kappa shape index (κ1) is 26.3. The largest absolute Gasteiger partial charge is 0.492 e. The molecule has 0 saturated heterocycles. The van der Waals surface area contributed by atoms with Crippen LogP contribution in [0.2, 0.25) is 0 Å². The SMILES string of the molecule is CCCCCCCCCCCCCCCCOc1c(C(=O)O)cccc1C(F)(F)F. The van der Waals surface area contributed by atoms with Crippen LogP contribution in [0, 0.1) is 0 Å². The van der Waals surface area contributed by atoms with Gasteiger partial charge in [0, 0.05) is 0 Å². The minimum atomic E-state index is -4.64. The van der Waals surface area contributed by atoms with Crippen molar-refractivity contribution in [2.75, 3.05) is 6.61 Å². The molecule has 0 fully saturated rings. The molecule has 0 aromatic heterocycles. The first-order valence-corrected chi connectivity index (χ1v) is 11.4. The molecule has 6 heteroatoms. The van der Waals surface area contributed by atoms with Gasteiger partial charge in [0.2, 0.25) is 0 Å². The van der Waals surface area contributed by atoms with E-state index in [0.29, 0.717) is 6.42 Å². The smallest absolute Gasteiger partial charge is 0.419 e. The van der Waals surface area contributed by atoms with Gasteiger partial charge in [-0.1, -0.05) is 96.5 Å². The molecule has 0 aliphatic heterocycles. The molecule has 0 aliphatic rings. The Bertz CT molecular complexity index is 600. The first-order chi connectivity index (χ1) is 14.4. The number of hydrogen-bond donors (Lipinski definition) is 1. The fraction of sp³-hybridized carbons (Fsp3) is 0.708. The second kappa shape index (κ2) is 15.1. The third-order valence-corrected chi connectivity index (χ3v) is 5.30. The third kappa shape index (κ3) is 10.9. The Morgan fingerprint density at radius 3 is 1.73 bits per heavy atom. The molecule has 0 amide bonds. The molecule has 172 valence electrons. The van der Waals surface area contributed by atoms with E-state index in [9.17, 15) is 18.0 Å². The number of carbonyl (C=O) groups is 1. The molecule has 1 aromatic carbocycles. The molecule has 0 atom stereocenters. The van der Waals surface area contributed by atoms with E-state index >= 15 is 0 Å². The molecule has 0 heterocycles. The van der Waals surface area contributed by atoms with Gasteiger partial charge in [0.1, 0.15) is 11.3 Å². The molecule has 3 nitrogen and oxygen atoms in total. The fourth-order valence-corrected chi connectivity index (χ4v) is 3.55. The van der Waals surface area contributed by atoms with Crippen molar-refractivity contribution in [3.05, 3.63) is 29.3 Å². The lowest BCUT2D eigenvalue weighted by Gasteiger charge is -2.16. The normalized spacial score (nSPS) is 11.6. The van der Waals surface area contributed by atoms with Gasteiger partial charge in [0.05, 0.1) is 12.2 Å². The lowest BCUT2D eigenvalue weighted by molar-refractivity contribution is -0.139. The average molecular weight is 431 g/mol. The predicted octanol–water partition coefficient (Wildman–Crippen LogP) is 8.26. The number of unbranched alkanes of at least 4 members (excludes halogenated alkanes) is 13. The van der Waals surface area contributed by atoms with E-state index in [1.807, 2.05) is 0 Å². The maximum Gasteiger partial charge on any atom is 0.419 e. The van der Waals surface area contributed by atoms with Gasteiger partial charge in [-0.25, -0.2) is 4.79 Å². The predicted molar refractivity (Wildman–Crippen MR) is 114 cm³/mol. The summed E-state index contributed by atoms with van der Waals surface area (Å²) in [5, 5.41) is 9.13. The number of carboxylic acid groups (broad SMARTS) is 1. The highest BCUT2D eigenvalue weighted by Gasteiger charge is 2.36. The maximum atomic E-state index is 13.1. The van der Waals surface area contributed by atoms with Gasteiger partial charge in [-0.05, 0) is 18.6 Å². The summed E-state index contributed by atoms with van der Waals surface area (Å²) < 4.78 is 44.6. The van der Waals surface area contributed by atoms with Crippen molar-refractivity contribution in [1.29, 1.82) is 0 Å². The Kier molecular flexibility index (Phi) is 13.3. The standard InChI is InChI=1S/C24H37F3O3/c1-2-3-4-5-6-7-8-9-10-11-12-13-14-15-19-30-22-20(23(28)29)17-16-18-21(22)24(25,26)27/h16-18H,2-15,19H2,1H3,(H,28,29). The first-order valence-electron chi connectivity index (χ1n) is 11.4. The molecule has 1 N–H and O–H groups in total. The number of benzene rings is 1. The summed E-state index contributed by atoms with van der Waals surface area (Å²) in [7, 11) is 0. The number of hydrogen-bond acceptors (Lipinski definition) is 2. The molecule has 0 spiro atoms. The number of alkyl halides is 3. The van der Waals surface area contributed by atoms with Gasteiger partial charge in [0.15, 0.2) is 0 Å². The minimum absolute atomic E-state index is 0.0887. The molecule has 0 bridgehead atoms. The van der Waals surface area contributed by atoms with Crippen LogP contribution in [0.1, 0.15) is 113 Å². The van der Waals surface area contributed by atoms with Gasteiger partial charge < -0.3 is 9.84 Å². The lowest BCUT2D eigenvalue weighted by atomic mass is 10.0. The van der Waals surface area contributed by atoms with Crippen molar-refractivity contribution in [2.24, 2.45) is 0 Å². The van der Waals surface area contributed by atoms with Crippen molar-refractivity contribution < 1.29 is 27.8 Å². The van der Waals surface area contributed by atoms with Crippen molar-refractivity contribution in [2.45, 2.75) is 103 Å². The van der Waals surface area contributed by atoms with Crippen molar-refractivity contribution in [3.63, 3.8) is 0 Å². The highest BCUT2D eigenvalue weighted by atomic mass is 19.4. The second-order valence-corrected chi connectivity index (χ2v) is 7.93. The number of aromatic carboxylic acids is 1. The second-order valence-electron chi connectivity index (χ2n) is 7.93. The van der Waals surface area contributed by atoms with Crippen LogP contribution in [-0.2, 0) is 6.18 Å². The lowest BCUT2D eigenvalue weighted by Crippen LogP contribution is -2.13. The number of carboxylic acids is 1. The number of ether oxygens (including phenoxy) is 1. The van der Waals surface area contributed by atoms with Crippen LogP contribution in [-0.4, -0.2) is 17.7 Å².